The van der Waals surface area contributed by atoms with Crippen LogP contribution in [-0.4, -0.2) is 11.7 Å². The van der Waals surface area contributed by atoms with Gasteiger partial charge in [-0.15, -0.1) is 0 Å². The van der Waals surface area contributed by atoms with Gasteiger partial charge in [0.1, 0.15) is 17.4 Å². The van der Waals surface area contributed by atoms with Gasteiger partial charge in [0.25, 0.3) is 0 Å². The van der Waals surface area contributed by atoms with Crippen LogP contribution < -0.4 is 4.74 Å². The molecule has 3 rings (SSSR count). The van der Waals surface area contributed by atoms with E-state index in [-0.39, 0.29) is 0 Å². The van der Waals surface area contributed by atoms with Crippen molar-refractivity contribution in [3.8, 4) is 5.75 Å². The number of ether oxygens (including phenoxy) is 1. The van der Waals surface area contributed by atoms with Crippen LogP contribution in [-0.2, 0) is 0 Å². The van der Waals surface area contributed by atoms with Gasteiger partial charge in [-0.3, -0.25) is 0 Å². The van der Waals surface area contributed by atoms with E-state index in [0.29, 0.717) is 6.61 Å². The van der Waals surface area contributed by atoms with Gasteiger partial charge in [0.2, 0.25) is 0 Å². The smallest absolute Gasteiger partial charge is 0.134 e. The second-order valence-corrected chi connectivity index (χ2v) is 5.01. The lowest BCUT2D eigenvalue weighted by Crippen LogP contribution is -1.99. The molecule has 1 N–H and O–H groups in total. The molecule has 0 radical (unpaired) electrons. The Balaban J connectivity index is 1.86. The second-order valence-electron chi connectivity index (χ2n) is 5.01. The van der Waals surface area contributed by atoms with Crippen LogP contribution in [0.2, 0.25) is 0 Å². The van der Waals surface area contributed by atoms with E-state index < -0.39 is 6.10 Å². The highest BCUT2D eigenvalue weighted by atomic mass is 16.5. The third kappa shape index (κ3) is 2.78. The number of aliphatic hydroxyl groups is 1. The number of aliphatic hydroxyl groups excluding tert-OH is 1. The molecule has 2 aromatic carbocycles. The average Bonchev–Trinajstić information content (AvgIpc) is 2.97. The fraction of sp³-hybridized carbons (Fsp3) is 0.222. The van der Waals surface area contributed by atoms with Crippen molar-refractivity contribution in [2.24, 2.45) is 0 Å². The molecular formula is C18H18O3. The summed E-state index contributed by atoms with van der Waals surface area (Å²) in [5.74, 6) is 0.824. The maximum atomic E-state index is 10.5. The van der Waals surface area contributed by atoms with Crippen LogP contribution in [0.4, 0.5) is 0 Å². The van der Waals surface area contributed by atoms with Gasteiger partial charge in [-0.25, -0.2) is 0 Å². The monoisotopic (exact) mass is 282 g/mol. The molecule has 1 atom stereocenters. The molecule has 0 amide bonds. The predicted octanol–water partition coefficient (Wildman–Crippen LogP) is 4.30. The molecule has 0 bridgehead atoms. The minimum Gasteiger partial charge on any atom is -0.494 e. The summed E-state index contributed by atoms with van der Waals surface area (Å²) in [6.45, 7) is 2.77. The molecule has 108 valence electrons. The molecule has 0 saturated carbocycles. The summed E-state index contributed by atoms with van der Waals surface area (Å²) in [5.41, 5.74) is 2.40. The number of para-hydroxylation sites is 1. The maximum Gasteiger partial charge on any atom is 0.134 e. The van der Waals surface area contributed by atoms with Crippen LogP contribution in [0.15, 0.2) is 59.2 Å². The Morgan fingerprint density at radius 1 is 1.10 bits per heavy atom. The highest BCUT2D eigenvalue weighted by Gasteiger charge is 2.16. The van der Waals surface area contributed by atoms with Crippen LogP contribution in [0.1, 0.15) is 30.6 Å². The van der Waals surface area contributed by atoms with Gasteiger partial charge in [-0.05, 0) is 30.2 Å². The molecular weight excluding hydrogens is 264 g/mol. The summed E-state index contributed by atoms with van der Waals surface area (Å²) in [6, 6.07) is 15.3. The number of furan rings is 1. The lowest BCUT2D eigenvalue weighted by molar-refractivity contribution is 0.220. The van der Waals surface area contributed by atoms with E-state index in [2.05, 4.69) is 6.92 Å². The summed E-state index contributed by atoms with van der Waals surface area (Å²) < 4.78 is 11.0. The molecule has 1 unspecified atom stereocenters. The van der Waals surface area contributed by atoms with E-state index in [0.717, 1.165) is 34.3 Å². The standard InChI is InChI=1S/C18H18O3/c1-2-11-20-14-9-7-13(8-10-14)18(19)16-12-21-17-6-4-3-5-15(16)17/h3-10,12,18-19H,2,11H2,1H3. The first-order valence-electron chi connectivity index (χ1n) is 7.16. The van der Waals surface area contributed by atoms with Crippen LogP contribution >= 0.6 is 0 Å². The van der Waals surface area contributed by atoms with Crippen molar-refractivity contribution < 1.29 is 14.3 Å². The van der Waals surface area contributed by atoms with Crippen molar-refractivity contribution >= 4 is 11.0 Å². The first-order chi connectivity index (χ1) is 10.3. The van der Waals surface area contributed by atoms with Crippen LogP contribution in [0, 0.1) is 0 Å². The SMILES string of the molecule is CCCOc1ccc(C(O)c2coc3ccccc23)cc1. The van der Waals surface area contributed by atoms with Crippen LogP contribution in [0.3, 0.4) is 0 Å². The molecule has 3 heteroatoms. The van der Waals surface area contributed by atoms with Gasteiger partial charge >= 0.3 is 0 Å². The molecule has 3 nitrogen and oxygen atoms in total. The van der Waals surface area contributed by atoms with Crippen molar-refractivity contribution in [1.29, 1.82) is 0 Å². The van der Waals surface area contributed by atoms with Crippen molar-refractivity contribution in [2.45, 2.75) is 19.4 Å². The Morgan fingerprint density at radius 2 is 1.86 bits per heavy atom. The van der Waals surface area contributed by atoms with Gasteiger partial charge in [-0.2, -0.15) is 0 Å². The Hall–Kier alpha value is -2.26. The molecule has 0 fully saturated rings. The van der Waals surface area contributed by atoms with Gasteiger partial charge < -0.3 is 14.3 Å². The molecule has 0 aliphatic rings. The number of fused-ring (bicyclic) bond motifs is 1. The second kappa shape index (κ2) is 6.02. The summed E-state index contributed by atoms with van der Waals surface area (Å²) in [6.07, 6.45) is 1.90. The largest absolute Gasteiger partial charge is 0.494 e. The first kappa shape index (κ1) is 13.7. The maximum absolute atomic E-state index is 10.5. The van der Waals surface area contributed by atoms with Crippen molar-refractivity contribution in [1.82, 2.24) is 0 Å². The van der Waals surface area contributed by atoms with Gasteiger partial charge in [0.15, 0.2) is 0 Å². The Morgan fingerprint density at radius 3 is 2.62 bits per heavy atom. The fourth-order valence-electron chi connectivity index (χ4n) is 2.36. The molecule has 0 spiro atoms. The topological polar surface area (TPSA) is 42.6 Å². The highest BCUT2D eigenvalue weighted by Crippen LogP contribution is 2.31. The number of benzene rings is 2. The first-order valence-corrected chi connectivity index (χ1v) is 7.16. The summed E-state index contributed by atoms with van der Waals surface area (Å²) in [5, 5.41) is 11.5. The minimum atomic E-state index is -0.700. The lowest BCUT2D eigenvalue weighted by Gasteiger charge is -2.11. The van der Waals surface area contributed by atoms with E-state index in [1.807, 2.05) is 48.5 Å². The third-order valence-corrected chi connectivity index (χ3v) is 3.47. The molecule has 0 aliphatic carbocycles. The van der Waals surface area contributed by atoms with Crippen molar-refractivity contribution in [2.75, 3.05) is 6.61 Å². The number of rotatable bonds is 5. The zero-order valence-corrected chi connectivity index (χ0v) is 12.0. The number of hydrogen-bond acceptors (Lipinski definition) is 3. The molecule has 0 saturated heterocycles. The minimum absolute atomic E-state index is 0.700. The Kier molecular flexibility index (Phi) is 3.93. The molecule has 0 aliphatic heterocycles. The molecule has 1 heterocycles. The summed E-state index contributed by atoms with van der Waals surface area (Å²) in [7, 11) is 0. The van der Waals surface area contributed by atoms with E-state index in [4.69, 9.17) is 9.15 Å². The predicted molar refractivity (Wildman–Crippen MR) is 82.5 cm³/mol. The van der Waals surface area contributed by atoms with Gasteiger partial charge in [0, 0.05) is 10.9 Å². The highest BCUT2D eigenvalue weighted by molar-refractivity contribution is 5.81. The normalized spacial score (nSPS) is 12.5. The van der Waals surface area contributed by atoms with Crippen molar-refractivity contribution in [3.63, 3.8) is 0 Å². The summed E-state index contributed by atoms with van der Waals surface area (Å²) in [4.78, 5) is 0. The van der Waals surface area contributed by atoms with Crippen LogP contribution in [0.5, 0.6) is 5.75 Å². The number of hydrogen-bond donors (Lipinski definition) is 1. The Labute approximate surface area is 123 Å². The zero-order chi connectivity index (χ0) is 14.7. The van der Waals surface area contributed by atoms with Crippen LogP contribution in [0.25, 0.3) is 11.0 Å². The van der Waals surface area contributed by atoms with Crippen molar-refractivity contribution in [3.05, 3.63) is 65.9 Å². The quantitative estimate of drug-likeness (QED) is 0.758. The van der Waals surface area contributed by atoms with E-state index in [9.17, 15) is 5.11 Å². The fourth-order valence-corrected chi connectivity index (χ4v) is 2.36. The average molecular weight is 282 g/mol. The van der Waals surface area contributed by atoms with E-state index in [1.54, 1.807) is 6.26 Å². The summed E-state index contributed by atoms with van der Waals surface area (Å²) >= 11 is 0. The Bertz CT molecular complexity index is 713. The molecule has 1 aromatic heterocycles. The van der Waals surface area contributed by atoms with Gasteiger partial charge in [-0.1, -0.05) is 37.3 Å². The van der Waals surface area contributed by atoms with E-state index in [1.165, 1.54) is 0 Å². The van der Waals surface area contributed by atoms with E-state index >= 15 is 0 Å². The lowest BCUT2D eigenvalue weighted by atomic mass is 10.0. The molecule has 3 aromatic rings. The zero-order valence-electron chi connectivity index (χ0n) is 12.0. The van der Waals surface area contributed by atoms with Gasteiger partial charge in [0.05, 0.1) is 12.9 Å². The molecule has 21 heavy (non-hydrogen) atoms. The third-order valence-electron chi connectivity index (χ3n) is 3.47.